The van der Waals surface area contributed by atoms with Crippen molar-refractivity contribution in [3.63, 3.8) is 0 Å². The number of hydrogen-bond acceptors (Lipinski definition) is 4. The SMILES string of the molecule is O=C(COc1cc(Cl)c(Cl)cc1Cl)Nc1ccn(Cc2ccccn2)n1. The highest BCUT2D eigenvalue weighted by Crippen LogP contribution is 2.33. The summed E-state index contributed by atoms with van der Waals surface area (Å²) in [7, 11) is 0. The minimum Gasteiger partial charge on any atom is -0.482 e. The predicted molar refractivity (Wildman–Crippen MR) is 101 cm³/mol. The second-order valence-electron chi connectivity index (χ2n) is 5.25. The van der Waals surface area contributed by atoms with Crippen LogP contribution in [-0.2, 0) is 11.3 Å². The Morgan fingerprint density at radius 3 is 2.69 bits per heavy atom. The summed E-state index contributed by atoms with van der Waals surface area (Å²) in [6, 6.07) is 10.2. The van der Waals surface area contributed by atoms with Gasteiger partial charge >= 0.3 is 0 Å². The summed E-state index contributed by atoms with van der Waals surface area (Å²) in [6.45, 7) is 0.261. The van der Waals surface area contributed by atoms with Gasteiger partial charge in [0.2, 0.25) is 0 Å². The summed E-state index contributed by atoms with van der Waals surface area (Å²) >= 11 is 17.8. The van der Waals surface area contributed by atoms with Gasteiger partial charge in [0.1, 0.15) is 5.75 Å². The molecule has 0 radical (unpaired) electrons. The van der Waals surface area contributed by atoms with E-state index in [-0.39, 0.29) is 23.3 Å². The van der Waals surface area contributed by atoms with Gasteiger partial charge in [0.25, 0.3) is 5.91 Å². The van der Waals surface area contributed by atoms with Crippen LogP contribution in [0.3, 0.4) is 0 Å². The number of anilines is 1. The van der Waals surface area contributed by atoms with Crippen LogP contribution < -0.4 is 10.1 Å². The van der Waals surface area contributed by atoms with Crippen molar-refractivity contribution in [1.82, 2.24) is 14.8 Å². The van der Waals surface area contributed by atoms with Crippen LogP contribution in [0.5, 0.6) is 5.75 Å². The van der Waals surface area contributed by atoms with E-state index in [9.17, 15) is 4.79 Å². The molecule has 1 N–H and O–H groups in total. The van der Waals surface area contributed by atoms with E-state index < -0.39 is 0 Å². The highest BCUT2D eigenvalue weighted by molar-refractivity contribution is 6.43. The molecule has 1 aromatic carbocycles. The van der Waals surface area contributed by atoms with Gasteiger partial charge in [-0.15, -0.1) is 0 Å². The van der Waals surface area contributed by atoms with Crippen LogP contribution in [0.15, 0.2) is 48.8 Å². The van der Waals surface area contributed by atoms with Gasteiger partial charge in [0.05, 0.1) is 27.3 Å². The smallest absolute Gasteiger partial charge is 0.263 e. The Hall–Kier alpha value is -2.28. The largest absolute Gasteiger partial charge is 0.482 e. The Morgan fingerprint density at radius 1 is 1.12 bits per heavy atom. The van der Waals surface area contributed by atoms with Crippen molar-refractivity contribution in [2.24, 2.45) is 0 Å². The molecule has 3 aromatic rings. The van der Waals surface area contributed by atoms with Gasteiger partial charge in [-0.3, -0.25) is 14.5 Å². The molecule has 0 saturated carbocycles. The van der Waals surface area contributed by atoms with E-state index in [0.717, 1.165) is 5.69 Å². The number of hydrogen-bond donors (Lipinski definition) is 1. The van der Waals surface area contributed by atoms with Gasteiger partial charge in [-0.05, 0) is 18.2 Å². The molecule has 0 aliphatic heterocycles. The van der Waals surface area contributed by atoms with Crippen LogP contribution >= 0.6 is 34.8 Å². The molecule has 0 fully saturated rings. The van der Waals surface area contributed by atoms with Crippen LogP contribution in [-0.4, -0.2) is 27.3 Å². The van der Waals surface area contributed by atoms with E-state index in [1.54, 1.807) is 23.1 Å². The quantitative estimate of drug-likeness (QED) is 0.614. The highest BCUT2D eigenvalue weighted by Gasteiger charge is 2.11. The maximum absolute atomic E-state index is 12.0. The minimum absolute atomic E-state index is 0.245. The molecule has 134 valence electrons. The predicted octanol–water partition coefficient (Wildman–Crippen LogP) is 4.30. The Balaban J connectivity index is 1.55. The summed E-state index contributed by atoms with van der Waals surface area (Å²) in [5.41, 5.74) is 0.867. The number of rotatable bonds is 6. The topological polar surface area (TPSA) is 69.0 Å². The van der Waals surface area contributed by atoms with E-state index in [1.807, 2.05) is 18.2 Å². The van der Waals surface area contributed by atoms with Crippen molar-refractivity contribution < 1.29 is 9.53 Å². The molecular formula is C17H13Cl3N4O2. The molecule has 0 saturated heterocycles. The third-order valence-electron chi connectivity index (χ3n) is 3.29. The average molecular weight is 412 g/mol. The lowest BCUT2D eigenvalue weighted by atomic mass is 10.3. The minimum atomic E-state index is -0.379. The highest BCUT2D eigenvalue weighted by atomic mass is 35.5. The Kier molecular flexibility index (Phi) is 5.98. The van der Waals surface area contributed by atoms with E-state index >= 15 is 0 Å². The summed E-state index contributed by atoms with van der Waals surface area (Å²) in [5, 5.41) is 7.79. The van der Waals surface area contributed by atoms with E-state index in [1.165, 1.54) is 12.1 Å². The summed E-state index contributed by atoms with van der Waals surface area (Å²) in [6.07, 6.45) is 3.47. The number of pyridine rings is 1. The number of nitrogens with zero attached hydrogens (tertiary/aromatic N) is 3. The second-order valence-corrected chi connectivity index (χ2v) is 6.47. The molecule has 0 aliphatic carbocycles. The van der Waals surface area contributed by atoms with Crippen LogP contribution in [0.4, 0.5) is 5.82 Å². The molecule has 9 heteroatoms. The zero-order chi connectivity index (χ0) is 18.5. The summed E-state index contributed by atoms with van der Waals surface area (Å²) < 4.78 is 7.05. The van der Waals surface area contributed by atoms with Gasteiger partial charge in [-0.25, -0.2) is 0 Å². The summed E-state index contributed by atoms with van der Waals surface area (Å²) in [4.78, 5) is 16.2. The number of carbonyl (C=O) groups excluding carboxylic acids is 1. The first-order valence-corrected chi connectivity index (χ1v) is 8.65. The molecule has 0 atom stereocenters. The normalized spacial score (nSPS) is 10.6. The molecule has 2 aromatic heterocycles. The first-order valence-electron chi connectivity index (χ1n) is 7.52. The molecule has 2 heterocycles. The lowest BCUT2D eigenvalue weighted by molar-refractivity contribution is -0.118. The van der Waals surface area contributed by atoms with Gasteiger partial charge in [-0.1, -0.05) is 40.9 Å². The maximum Gasteiger partial charge on any atom is 0.263 e. The van der Waals surface area contributed by atoms with Gasteiger partial charge in [0.15, 0.2) is 12.4 Å². The average Bonchev–Trinajstić information content (AvgIpc) is 3.04. The van der Waals surface area contributed by atoms with Gasteiger partial charge < -0.3 is 10.1 Å². The van der Waals surface area contributed by atoms with E-state index in [4.69, 9.17) is 39.5 Å². The third kappa shape index (κ3) is 4.88. The zero-order valence-corrected chi connectivity index (χ0v) is 15.6. The van der Waals surface area contributed by atoms with Gasteiger partial charge in [0, 0.05) is 24.5 Å². The number of aromatic nitrogens is 3. The number of amides is 1. The van der Waals surface area contributed by atoms with Crippen molar-refractivity contribution in [3.05, 3.63) is 69.6 Å². The van der Waals surface area contributed by atoms with Crippen molar-refractivity contribution in [2.45, 2.75) is 6.54 Å². The third-order valence-corrected chi connectivity index (χ3v) is 4.31. The Labute approximate surface area is 164 Å². The first-order chi connectivity index (χ1) is 12.5. The standard InChI is InChI=1S/C17H13Cl3N4O2/c18-12-7-14(20)15(8-13(12)19)26-10-17(25)22-16-4-6-24(23-16)9-11-3-1-2-5-21-11/h1-8H,9-10H2,(H,22,23,25). The van der Waals surface area contributed by atoms with E-state index in [2.05, 4.69) is 15.4 Å². The monoisotopic (exact) mass is 410 g/mol. The zero-order valence-electron chi connectivity index (χ0n) is 13.3. The van der Waals surface area contributed by atoms with Crippen LogP contribution in [0.2, 0.25) is 15.1 Å². The molecule has 6 nitrogen and oxygen atoms in total. The van der Waals surface area contributed by atoms with Crippen molar-refractivity contribution in [3.8, 4) is 5.75 Å². The van der Waals surface area contributed by atoms with Crippen LogP contribution in [0.1, 0.15) is 5.69 Å². The second kappa shape index (κ2) is 8.40. The van der Waals surface area contributed by atoms with Crippen molar-refractivity contribution in [1.29, 1.82) is 0 Å². The van der Waals surface area contributed by atoms with Crippen molar-refractivity contribution in [2.75, 3.05) is 11.9 Å². The molecule has 26 heavy (non-hydrogen) atoms. The summed E-state index contributed by atoms with van der Waals surface area (Å²) in [5.74, 6) is 0.307. The molecule has 3 rings (SSSR count). The fourth-order valence-electron chi connectivity index (χ4n) is 2.11. The number of nitrogens with one attached hydrogen (secondary N) is 1. The molecule has 0 spiro atoms. The van der Waals surface area contributed by atoms with Crippen molar-refractivity contribution >= 4 is 46.5 Å². The molecule has 0 unspecified atom stereocenters. The Bertz CT molecular complexity index is 916. The molecule has 1 amide bonds. The molecule has 0 aliphatic rings. The number of halogens is 3. The maximum atomic E-state index is 12.0. The number of carbonyl (C=O) groups is 1. The van der Waals surface area contributed by atoms with Gasteiger partial charge in [-0.2, -0.15) is 5.10 Å². The number of ether oxygens (including phenoxy) is 1. The lowest BCUT2D eigenvalue weighted by Crippen LogP contribution is -2.20. The number of benzene rings is 1. The van der Waals surface area contributed by atoms with Crippen LogP contribution in [0, 0.1) is 0 Å². The van der Waals surface area contributed by atoms with E-state index in [0.29, 0.717) is 22.4 Å². The fourth-order valence-corrected chi connectivity index (χ4v) is 2.70. The first kappa shape index (κ1) is 18.5. The molecule has 0 bridgehead atoms. The fraction of sp³-hybridized carbons (Fsp3) is 0.118. The lowest BCUT2D eigenvalue weighted by Gasteiger charge is -2.09. The Morgan fingerprint density at radius 2 is 1.92 bits per heavy atom. The van der Waals surface area contributed by atoms with Crippen LogP contribution in [0.25, 0.3) is 0 Å². The molecular weight excluding hydrogens is 399 g/mol.